The molecule has 8 nitrogen and oxygen atoms in total. The molecule has 1 fully saturated rings. The van der Waals surface area contributed by atoms with E-state index in [0.29, 0.717) is 13.1 Å². The number of amides is 1. The number of piperazine rings is 1. The van der Waals surface area contributed by atoms with Crippen LogP contribution in [0.5, 0.6) is 5.75 Å². The number of rotatable bonds is 9. The van der Waals surface area contributed by atoms with Crippen molar-refractivity contribution in [2.75, 3.05) is 53.4 Å². The molecule has 1 saturated heterocycles. The molecule has 8 heteroatoms. The standard InChI is InChI=1S/C29H36N6O2/c1-32-12-14-34(15-13-32)10-5-11-35(20-22-6-4-7-25(16-22)37-3)29(36)27-21-33(2)28-17-23(8-9-26(27)28)24-18-30-31-19-24/h4,6-9,16-19,21H,5,10-15,20H2,1-3H3,(H,30,31). The maximum atomic E-state index is 14.0. The largest absolute Gasteiger partial charge is 0.497 e. The lowest BCUT2D eigenvalue weighted by Crippen LogP contribution is -2.45. The van der Waals surface area contributed by atoms with Crippen LogP contribution in [0.4, 0.5) is 0 Å². The highest BCUT2D eigenvalue weighted by Gasteiger charge is 2.22. The van der Waals surface area contributed by atoms with Gasteiger partial charge in [-0.05, 0) is 49.3 Å². The Morgan fingerprint density at radius 3 is 2.68 bits per heavy atom. The molecule has 3 heterocycles. The number of methoxy groups -OCH3 is 1. The first kappa shape index (κ1) is 25.0. The Labute approximate surface area is 218 Å². The van der Waals surface area contributed by atoms with Crippen molar-refractivity contribution in [1.29, 1.82) is 0 Å². The van der Waals surface area contributed by atoms with Gasteiger partial charge in [-0.15, -0.1) is 0 Å². The predicted octanol–water partition coefficient (Wildman–Crippen LogP) is 3.86. The van der Waals surface area contributed by atoms with Gasteiger partial charge in [-0.3, -0.25) is 9.89 Å². The Bertz CT molecular complexity index is 1340. The quantitative estimate of drug-likeness (QED) is 0.378. The molecule has 0 atom stereocenters. The van der Waals surface area contributed by atoms with E-state index in [1.807, 2.05) is 53.3 Å². The van der Waals surface area contributed by atoms with Gasteiger partial charge in [0.05, 0.1) is 18.9 Å². The van der Waals surface area contributed by atoms with Crippen molar-refractivity contribution >= 4 is 16.8 Å². The van der Waals surface area contributed by atoms with E-state index in [4.69, 9.17) is 4.74 Å². The molecule has 1 N–H and O–H groups in total. The molecule has 2 aromatic carbocycles. The molecular formula is C29H36N6O2. The number of aryl methyl sites for hydroxylation is 1. The molecule has 0 bridgehead atoms. The molecule has 0 aliphatic carbocycles. The summed E-state index contributed by atoms with van der Waals surface area (Å²) in [5.74, 6) is 0.863. The molecule has 0 radical (unpaired) electrons. The normalized spacial score (nSPS) is 14.8. The number of carbonyl (C=O) groups is 1. The zero-order chi connectivity index (χ0) is 25.8. The van der Waals surface area contributed by atoms with Crippen molar-refractivity contribution in [3.8, 4) is 16.9 Å². The Hall–Kier alpha value is -3.62. The number of fused-ring (bicyclic) bond motifs is 1. The minimum absolute atomic E-state index is 0.0582. The summed E-state index contributed by atoms with van der Waals surface area (Å²) in [7, 11) is 5.85. The number of H-pyrrole nitrogens is 1. The van der Waals surface area contributed by atoms with E-state index in [-0.39, 0.29) is 5.91 Å². The summed E-state index contributed by atoms with van der Waals surface area (Å²) in [5.41, 5.74) is 4.93. The van der Waals surface area contributed by atoms with Crippen LogP contribution < -0.4 is 4.74 Å². The fraction of sp³-hybridized carbons (Fsp3) is 0.379. The monoisotopic (exact) mass is 500 g/mol. The van der Waals surface area contributed by atoms with E-state index in [1.54, 1.807) is 7.11 Å². The maximum absolute atomic E-state index is 14.0. The van der Waals surface area contributed by atoms with E-state index in [1.165, 1.54) is 0 Å². The van der Waals surface area contributed by atoms with Crippen LogP contribution in [-0.4, -0.2) is 88.8 Å². The number of ether oxygens (including phenoxy) is 1. The summed E-state index contributed by atoms with van der Waals surface area (Å²) in [4.78, 5) is 20.9. The van der Waals surface area contributed by atoms with Crippen molar-refractivity contribution in [1.82, 2.24) is 29.5 Å². The van der Waals surface area contributed by atoms with Crippen LogP contribution in [0.15, 0.2) is 61.1 Å². The fourth-order valence-electron chi connectivity index (χ4n) is 5.11. The van der Waals surface area contributed by atoms with Gasteiger partial charge in [-0.1, -0.05) is 24.3 Å². The average Bonchev–Trinajstić information content (AvgIpc) is 3.57. The molecule has 0 unspecified atom stereocenters. The fourth-order valence-corrected chi connectivity index (χ4v) is 5.11. The summed E-state index contributed by atoms with van der Waals surface area (Å²) >= 11 is 0. The molecule has 0 saturated carbocycles. The van der Waals surface area contributed by atoms with Crippen LogP contribution in [0.3, 0.4) is 0 Å². The summed E-state index contributed by atoms with van der Waals surface area (Å²) in [6.07, 6.45) is 6.60. The summed E-state index contributed by atoms with van der Waals surface area (Å²) < 4.78 is 7.47. The van der Waals surface area contributed by atoms with Gasteiger partial charge in [-0.2, -0.15) is 5.10 Å². The van der Waals surface area contributed by atoms with Crippen molar-refractivity contribution in [2.24, 2.45) is 7.05 Å². The number of likely N-dealkylation sites (N-methyl/N-ethyl adjacent to an activating group) is 1. The van der Waals surface area contributed by atoms with Crippen LogP contribution in [0.25, 0.3) is 22.0 Å². The van der Waals surface area contributed by atoms with Crippen molar-refractivity contribution in [3.05, 3.63) is 72.2 Å². The van der Waals surface area contributed by atoms with Gasteiger partial charge in [-0.25, -0.2) is 0 Å². The molecule has 1 aliphatic rings. The molecule has 194 valence electrons. The third kappa shape index (κ3) is 5.70. The van der Waals surface area contributed by atoms with Gasteiger partial charge in [0.25, 0.3) is 5.91 Å². The topological polar surface area (TPSA) is 69.6 Å². The molecule has 4 aromatic rings. The molecule has 5 rings (SSSR count). The van der Waals surface area contributed by atoms with Crippen LogP contribution in [0.2, 0.25) is 0 Å². The predicted molar refractivity (Wildman–Crippen MR) is 147 cm³/mol. The molecule has 1 aliphatic heterocycles. The Morgan fingerprint density at radius 1 is 1.08 bits per heavy atom. The van der Waals surface area contributed by atoms with Crippen LogP contribution >= 0.6 is 0 Å². The number of benzene rings is 2. The lowest BCUT2D eigenvalue weighted by Gasteiger charge is -2.33. The van der Waals surface area contributed by atoms with Gasteiger partial charge in [0, 0.05) is 75.2 Å². The van der Waals surface area contributed by atoms with Crippen LogP contribution in [0.1, 0.15) is 22.3 Å². The highest BCUT2D eigenvalue weighted by Crippen LogP contribution is 2.28. The first-order valence-corrected chi connectivity index (χ1v) is 12.9. The molecule has 0 spiro atoms. The van der Waals surface area contributed by atoms with E-state index in [0.717, 1.165) is 78.1 Å². The summed E-state index contributed by atoms with van der Waals surface area (Å²) in [5, 5.41) is 7.91. The van der Waals surface area contributed by atoms with Gasteiger partial charge < -0.3 is 24.0 Å². The zero-order valence-corrected chi connectivity index (χ0v) is 22.0. The number of carbonyl (C=O) groups excluding carboxylic acids is 1. The number of aromatic nitrogens is 3. The maximum Gasteiger partial charge on any atom is 0.256 e. The van der Waals surface area contributed by atoms with Crippen LogP contribution in [-0.2, 0) is 13.6 Å². The molecule has 37 heavy (non-hydrogen) atoms. The van der Waals surface area contributed by atoms with E-state index >= 15 is 0 Å². The smallest absolute Gasteiger partial charge is 0.256 e. The molecular weight excluding hydrogens is 464 g/mol. The summed E-state index contributed by atoms with van der Waals surface area (Å²) in [6, 6.07) is 14.2. The molecule has 1 amide bonds. The third-order valence-corrected chi connectivity index (χ3v) is 7.35. The minimum Gasteiger partial charge on any atom is -0.497 e. The second-order valence-corrected chi connectivity index (χ2v) is 9.95. The number of hydrogen-bond donors (Lipinski definition) is 1. The van der Waals surface area contributed by atoms with Gasteiger partial charge in [0.1, 0.15) is 5.75 Å². The van der Waals surface area contributed by atoms with Crippen molar-refractivity contribution in [2.45, 2.75) is 13.0 Å². The van der Waals surface area contributed by atoms with Crippen molar-refractivity contribution in [3.63, 3.8) is 0 Å². The minimum atomic E-state index is 0.0582. The second kappa shape index (κ2) is 11.2. The lowest BCUT2D eigenvalue weighted by molar-refractivity contribution is 0.0730. The first-order chi connectivity index (χ1) is 18.0. The molecule has 2 aromatic heterocycles. The SMILES string of the molecule is COc1cccc(CN(CCCN2CCN(C)CC2)C(=O)c2cn(C)c3cc(-c4cn[nH]c4)ccc23)c1. The van der Waals surface area contributed by atoms with Gasteiger partial charge >= 0.3 is 0 Å². The lowest BCUT2D eigenvalue weighted by atomic mass is 10.1. The number of nitrogens with one attached hydrogen (secondary N) is 1. The van der Waals surface area contributed by atoms with Crippen molar-refractivity contribution < 1.29 is 9.53 Å². The average molecular weight is 501 g/mol. The second-order valence-electron chi connectivity index (χ2n) is 9.95. The Morgan fingerprint density at radius 2 is 1.92 bits per heavy atom. The first-order valence-electron chi connectivity index (χ1n) is 12.9. The van der Waals surface area contributed by atoms with Gasteiger partial charge in [0.15, 0.2) is 0 Å². The highest BCUT2D eigenvalue weighted by molar-refractivity contribution is 6.07. The third-order valence-electron chi connectivity index (χ3n) is 7.35. The van der Waals surface area contributed by atoms with E-state index in [9.17, 15) is 4.79 Å². The zero-order valence-electron chi connectivity index (χ0n) is 22.0. The number of hydrogen-bond acceptors (Lipinski definition) is 5. The Balaban J connectivity index is 1.38. The highest BCUT2D eigenvalue weighted by atomic mass is 16.5. The number of nitrogens with zero attached hydrogens (tertiary/aromatic N) is 5. The van der Waals surface area contributed by atoms with Gasteiger partial charge in [0.2, 0.25) is 0 Å². The van der Waals surface area contributed by atoms with E-state index < -0.39 is 0 Å². The van der Waals surface area contributed by atoms with Crippen LogP contribution in [0, 0.1) is 0 Å². The van der Waals surface area contributed by atoms with E-state index in [2.05, 4.69) is 51.3 Å². The Kier molecular flexibility index (Phi) is 7.58. The number of aromatic amines is 1. The summed E-state index contributed by atoms with van der Waals surface area (Å²) in [6.45, 7) is 6.62.